The second-order valence-electron chi connectivity index (χ2n) is 4.37. The smallest absolute Gasteiger partial charge is 0.549 e. The van der Waals surface area contributed by atoms with Crippen molar-refractivity contribution >= 4 is 23.7 Å². The van der Waals surface area contributed by atoms with Crippen molar-refractivity contribution in [2.24, 2.45) is 0 Å². The SMILES string of the molecule is C=CCC1(O)C(C(=O)[O-])SC(C(=O)[O-])C1(O)CC=C.[Na+].[Na+]. The summed E-state index contributed by atoms with van der Waals surface area (Å²) in [6.45, 7) is 6.75. The average molecular weight is 332 g/mol. The van der Waals surface area contributed by atoms with Crippen LogP contribution in [0, 0.1) is 0 Å². The van der Waals surface area contributed by atoms with Gasteiger partial charge in [0, 0.05) is 0 Å². The summed E-state index contributed by atoms with van der Waals surface area (Å²) < 4.78 is 0. The normalized spacial score (nSPS) is 34.2. The van der Waals surface area contributed by atoms with E-state index >= 15 is 0 Å². The van der Waals surface area contributed by atoms with E-state index in [0.717, 1.165) is 0 Å². The average Bonchev–Trinajstić information content (AvgIpc) is 2.49. The second kappa shape index (κ2) is 9.10. The van der Waals surface area contributed by atoms with Crippen LogP contribution in [0.5, 0.6) is 0 Å². The third-order valence-electron chi connectivity index (χ3n) is 3.23. The van der Waals surface area contributed by atoms with Gasteiger partial charge in [-0.2, -0.15) is 0 Å². The molecule has 0 amide bonds. The molecule has 0 saturated carbocycles. The first-order chi connectivity index (χ1) is 8.74. The van der Waals surface area contributed by atoms with Crippen LogP contribution >= 0.6 is 11.8 Å². The maximum absolute atomic E-state index is 11.1. The first kappa shape index (κ1) is 23.9. The van der Waals surface area contributed by atoms with Gasteiger partial charge in [0.15, 0.2) is 0 Å². The number of thioether (sulfide) groups is 1. The summed E-state index contributed by atoms with van der Waals surface area (Å²) >= 11 is 0.401. The number of hydrogen-bond donors (Lipinski definition) is 2. The summed E-state index contributed by atoms with van der Waals surface area (Å²) in [5.41, 5.74) is -4.42. The van der Waals surface area contributed by atoms with E-state index in [1.165, 1.54) is 12.2 Å². The van der Waals surface area contributed by atoms with E-state index in [2.05, 4.69) is 13.2 Å². The number of aliphatic carboxylic acids is 2. The Balaban J connectivity index is 0. The van der Waals surface area contributed by atoms with Crippen molar-refractivity contribution in [2.45, 2.75) is 34.5 Å². The predicted octanol–water partition coefficient (Wildman–Crippen LogP) is -8.41. The molecule has 0 radical (unpaired) electrons. The van der Waals surface area contributed by atoms with Gasteiger partial charge in [0.25, 0.3) is 0 Å². The quantitative estimate of drug-likeness (QED) is 0.366. The van der Waals surface area contributed by atoms with Crippen LogP contribution in [0.4, 0.5) is 0 Å². The molecule has 9 heteroatoms. The van der Waals surface area contributed by atoms with Gasteiger partial charge in [0.1, 0.15) is 11.2 Å². The fourth-order valence-electron chi connectivity index (χ4n) is 2.32. The van der Waals surface area contributed by atoms with E-state index in [4.69, 9.17) is 0 Å². The van der Waals surface area contributed by atoms with Gasteiger partial charge in [-0.3, -0.25) is 0 Å². The van der Waals surface area contributed by atoms with Crippen LogP contribution in [0.1, 0.15) is 12.8 Å². The molecule has 0 aliphatic carbocycles. The fourth-order valence-corrected chi connectivity index (χ4v) is 3.87. The van der Waals surface area contributed by atoms with E-state index < -0.39 is 33.6 Å². The first-order valence-electron chi connectivity index (χ1n) is 5.48. The standard InChI is InChI=1S/C12H16O6S.2Na/c1-3-5-11(17)7(9(13)14)19-8(10(15)16)12(11,18)6-4-2;;/h3-4,7-8,17-18H,1-2,5-6H2,(H,13,14)(H,15,16);;/q;2*+1/p-2. The zero-order valence-corrected chi connectivity index (χ0v) is 16.9. The van der Waals surface area contributed by atoms with E-state index in [0.29, 0.717) is 11.8 Å². The molecule has 4 atom stereocenters. The van der Waals surface area contributed by atoms with E-state index in [9.17, 15) is 30.0 Å². The van der Waals surface area contributed by atoms with Crippen LogP contribution in [0.25, 0.3) is 0 Å². The van der Waals surface area contributed by atoms with Crippen molar-refractivity contribution in [1.29, 1.82) is 0 Å². The molecule has 4 unspecified atom stereocenters. The Morgan fingerprint density at radius 2 is 1.29 bits per heavy atom. The predicted molar refractivity (Wildman–Crippen MR) is 64.7 cm³/mol. The Morgan fingerprint density at radius 3 is 1.48 bits per heavy atom. The molecule has 1 aliphatic rings. The molecule has 0 spiro atoms. The molecule has 1 aliphatic heterocycles. The third kappa shape index (κ3) is 4.16. The Labute approximate surface area is 171 Å². The molecule has 1 saturated heterocycles. The first-order valence-corrected chi connectivity index (χ1v) is 6.42. The Bertz CT molecular complexity index is 394. The van der Waals surface area contributed by atoms with Crippen LogP contribution in [0.3, 0.4) is 0 Å². The Morgan fingerprint density at radius 1 is 1.00 bits per heavy atom. The van der Waals surface area contributed by atoms with Crippen LogP contribution in [0.15, 0.2) is 25.3 Å². The summed E-state index contributed by atoms with van der Waals surface area (Å²) in [7, 11) is 0. The number of carbonyl (C=O) groups is 2. The Kier molecular flexibility index (Phi) is 10.4. The minimum atomic E-state index is -2.21. The molecule has 0 aromatic heterocycles. The van der Waals surface area contributed by atoms with Gasteiger partial charge in [-0.05, 0) is 12.8 Å². The summed E-state index contributed by atoms with van der Waals surface area (Å²) in [5.74, 6) is -3.30. The number of rotatable bonds is 6. The van der Waals surface area contributed by atoms with Crippen molar-refractivity contribution < 1.29 is 89.1 Å². The van der Waals surface area contributed by atoms with Gasteiger partial charge in [-0.1, -0.05) is 12.2 Å². The van der Waals surface area contributed by atoms with Gasteiger partial charge in [0.2, 0.25) is 0 Å². The van der Waals surface area contributed by atoms with Crippen LogP contribution in [-0.4, -0.2) is 43.9 Å². The van der Waals surface area contributed by atoms with Crippen molar-refractivity contribution in [1.82, 2.24) is 0 Å². The molecule has 0 aromatic carbocycles. The largest absolute Gasteiger partial charge is 1.00 e. The van der Waals surface area contributed by atoms with Gasteiger partial charge in [-0.15, -0.1) is 24.9 Å². The van der Waals surface area contributed by atoms with E-state index in [-0.39, 0.29) is 72.0 Å². The number of aliphatic hydroxyl groups is 2. The fraction of sp³-hybridized carbons (Fsp3) is 0.500. The van der Waals surface area contributed by atoms with Crippen molar-refractivity contribution in [2.75, 3.05) is 0 Å². The monoisotopic (exact) mass is 332 g/mol. The zero-order chi connectivity index (χ0) is 14.8. The van der Waals surface area contributed by atoms with E-state index in [1.807, 2.05) is 0 Å². The number of carboxylic acid groups (broad SMARTS) is 2. The number of carbonyl (C=O) groups excluding carboxylic acids is 2. The number of hydrogen-bond acceptors (Lipinski definition) is 7. The van der Waals surface area contributed by atoms with Crippen molar-refractivity contribution in [3.05, 3.63) is 25.3 Å². The van der Waals surface area contributed by atoms with Gasteiger partial charge < -0.3 is 30.0 Å². The molecule has 0 aromatic rings. The minimum Gasteiger partial charge on any atom is -0.549 e. The number of carboxylic acids is 2. The zero-order valence-electron chi connectivity index (χ0n) is 12.1. The molecule has 2 N–H and O–H groups in total. The minimum absolute atomic E-state index is 0. The second-order valence-corrected chi connectivity index (χ2v) is 5.58. The molecule has 1 heterocycles. The molecule has 106 valence electrons. The summed E-state index contributed by atoms with van der Waals surface area (Å²) in [6.07, 6.45) is 1.82. The van der Waals surface area contributed by atoms with Crippen molar-refractivity contribution in [3.8, 4) is 0 Å². The van der Waals surface area contributed by atoms with Gasteiger partial charge in [0.05, 0.1) is 22.4 Å². The van der Waals surface area contributed by atoms with Crippen molar-refractivity contribution in [3.63, 3.8) is 0 Å². The Hall–Kier alpha value is 0.690. The third-order valence-corrected chi connectivity index (χ3v) is 4.94. The molecule has 0 bridgehead atoms. The molecular formula is C12H14Na2O6S. The summed E-state index contributed by atoms with van der Waals surface area (Å²) in [4.78, 5) is 22.2. The summed E-state index contributed by atoms with van der Waals surface area (Å²) in [5, 5.41) is 39.9. The molecular weight excluding hydrogens is 318 g/mol. The van der Waals surface area contributed by atoms with Crippen LogP contribution in [0.2, 0.25) is 0 Å². The van der Waals surface area contributed by atoms with Crippen LogP contribution < -0.4 is 69.3 Å². The van der Waals surface area contributed by atoms with E-state index in [1.54, 1.807) is 0 Å². The van der Waals surface area contributed by atoms with Gasteiger partial charge >= 0.3 is 59.1 Å². The molecule has 1 fully saturated rings. The van der Waals surface area contributed by atoms with Gasteiger partial charge in [-0.25, -0.2) is 0 Å². The molecule has 6 nitrogen and oxygen atoms in total. The summed E-state index contributed by atoms with van der Waals surface area (Å²) in [6, 6.07) is 0. The van der Waals surface area contributed by atoms with Crippen LogP contribution in [-0.2, 0) is 9.59 Å². The topological polar surface area (TPSA) is 121 Å². The molecule has 1 rings (SSSR count). The maximum atomic E-state index is 11.1. The molecule has 21 heavy (non-hydrogen) atoms. The maximum Gasteiger partial charge on any atom is 1.00 e.